The molecule has 0 aliphatic carbocycles. The molecule has 2 aromatic rings. The highest BCUT2D eigenvalue weighted by molar-refractivity contribution is 6.31. The van der Waals surface area contributed by atoms with E-state index < -0.39 is 0 Å². The summed E-state index contributed by atoms with van der Waals surface area (Å²) < 4.78 is 0. The summed E-state index contributed by atoms with van der Waals surface area (Å²) in [4.78, 5) is 32.6. The predicted molar refractivity (Wildman–Crippen MR) is 158 cm³/mol. The number of hydrogen-bond acceptors (Lipinski definition) is 4. The largest absolute Gasteiger partial charge is 0.379 e. The predicted octanol–water partition coefficient (Wildman–Crippen LogP) is 6.37. The van der Waals surface area contributed by atoms with Gasteiger partial charge in [-0.2, -0.15) is 0 Å². The van der Waals surface area contributed by atoms with Crippen LogP contribution < -0.4 is 10.6 Å². The van der Waals surface area contributed by atoms with E-state index in [0.717, 1.165) is 79.0 Å². The lowest BCUT2D eigenvalue weighted by Gasteiger charge is -2.17. The molecule has 0 spiro atoms. The van der Waals surface area contributed by atoms with Crippen LogP contribution in [0.25, 0.3) is 11.0 Å². The van der Waals surface area contributed by atoms with E-state index in [9.17, 15) is 9.59 Å². The van der Waals surface area contributed by atoms with Gasteiger partial charge in [-0.15, -0.1) is 6.58 Å². The number of allylic oxidation sites excluding steroid dienone is 4. The summed E-state index contributed by atoms with van der Waals surface area (Å²) in [7, 11) is 0. The van der Waals surface area contributed by atoms with E-state index in [4.69, 9.17) is 11.6 Å². The van der Waals surface area contributed by atoms with Gasteiger partial charge >= 0.3 is 0 Å². The Kier molecular flexibility index (Phi) is 12.9. The molecule has 1 aromatic heterocycles. The number of nitrogens with zero attached hydrogens (tertiary/aromatic N) is 2. The van der Waals surface area contributed by atoms with E-state index >= 15 is 0 Å². The maximum atomic E-state index is 12.7. The number of amides is 2. The number of carbonyl (C=O) groups excluding carboxylic acids is 2. The first-order chi connectivity index (χ1) is 18.2. The van der Waals surface area contributed by atoms with Crippen LogP contribution in [0, 0.1) is 0 Å². The molecule has 1 aliphatic heterocycles. The van der Waals surface area contributed by atoms with Crippen molar-refractivity contribution in [1.82, 2.24) is 25.5 Å². The quantitative estimate of drug-likeness (QED) is 0.176. The molecule has 2 heterocycles. The van der Waals surface area contributed by atoms with E-state index in [1.54, 1.807) is 0 Å². The van der Waals surface area contributed by atoms with Crippen molar-refractivity contribution in [3.63, 3.8) is 0 Å². The number of aromatic nitrogens is 2. The Morgan fingerprint density at radius 2 is 1.95 bits per heavy atom. The molecular formula is C30H42ClN5O2. The molecular weight excluding hydrogens is 498 g/mol. The first-order valence-corrected chi connectivity index (χ1v) is 13.7. The lowest BCUT2D eigenvalue weighted by molar-refractivity contribution is -0.126. The fraction of sp³-hybridized carbons (Fsp3) is 0.433. The molecule has 0 bridgehead atoms. The topological polar surface area (TPSA) is 90.1 Å². The van der Waals surface area contributed by atoms with Gasteiger partial charge in [0.2, 0.25) is 11.8 Å². The lowest BCUT2D eigenvalue weighted by atomic mass is 10.0. The molecule has 3 rings (SSSR count). The van der Waals surface area contributed by atoms with Gasteiger partial charge in [0.05, 0.1) is 17.1 Å². The molecule has 1 unspecified atom stereocenters. The molecule has 1 aromatic carbocycles. The molecule has 38 heavy (non-hydrogen) atoms. The molecule has 7 nitrogen and oxygen atoms in total. The average molecular weight is 540 g/mol. The van der Waals surface area contributed by atoms with E-state index in [-0.39, 0.29) is 17.9 Å². The molecule has 3 N–H and O–H groups in total. The van der Waals surface area contributed by atoms with Crippen LogP contribution in [0.15, 0.2) is 66.4 Å². The molecule has 1 saturated heterocycles. The second kappa shape index (κ2) is 15.8. The first kappa shape index (κ1) is 30.9. The van der Waals surface area contributed by atoms with E-state index in [2.05, 4.69) is 39.8 Å². The summed E-state index contributed by atoms with van der Waals surface area (Å²) in [5.74, 6) is 1.04. The maximum Gasteiger partial charge on any atom is 0.249 e. The summed E-state index contributed by atoms with van der Waals surface area (Å²) >= 11 is 6.08. The number of H-pyrrole nitrogens is 1. The van der Waals surface area contributed by atoms with Crippen LogP contribution in [0.1, 0.15) is 71.7 Å². The van der Waals surface area contributed by atoms with Crippen molar-refractivity contribution in [1.29, 1.82) is 0 Å². The summed E-state index contributed by atoms with van der Waals surface area (Å²) in [6.07, 6.45) is 10.2. The van der Waals surface area contributed by atoms with E-state index in [1.807, 2.05) is 56.0 Å². The number of imidazole rings is 1. The number of hydrogen-bond donors (Lipinski definition) is 3. The number of halogens is 1. The molecule has 0 saturated carbocycles. The highest BCUT2D eigenvalue weighted by atomic mass is 35.5. The second-order valence-electron chi connectivity index (χ2n) is 9.38. The van der Waals surface area contributed by atoms with E-state index in [0.29, 0.717) is 11.4 Å². The van der Waals surface area contributed by atoms with Crippen molar-refractivity contribution >= 4 is 34.4 Å². The Bertz CT molecular complexity index is 1170. The van der Waals surface area contributed by atoms with Gasteiger partial charge in [0.1, 0.15) is 5.82 Å². The van der Waals surface area contributed by atoms with Crippen molar-refractivity contribution in [2.24, 2.45) is 0 Å². The van der Waals surface area contributed by atoms with Crippen LogP contribution in [-0.2, 0) is 9.59 Å². The highest BCUT2D eigenvalue weighted by Crippen LogP contribution is 2.22. The number of carbonyl (C=O) groups is 2. The van der Waals surface area contributed by atoms with Gasteiger partial charge < -0.3 is 20.5 Å². The van der Waals surface area contributed by atoms with Crippen LogP contribution >= 0.6 is 11.6 Å². The minimum Gasteiger partial charge on any atom is -0.379 e. The molecule has 1 atom stereocenters. The van der Waals surface area contributed by atoms with Crippen LogP contribution in [0.4, 0.5) is 0 Å². The monoisotopic (exact) mass is 539 g/mol. The third kappa shape index (κ3) is 9.86. The minimum atomic E-state index is -0.0304. The summed E-state index contributed by atoms with van der Waals surface area (Å²) in [6.45, 7) is 18.0. The molecule has 0 radical (unpaired) electrons. The van der Waals surface area contributed by atoms with Crippen molar-refractivity contribution < 1.29 is 9.59 Å². The summed E-state index contributed by atoms with van der Waals surface area (Å²) in [5, 5.41) is 6.69. The Morgan fingerprint density at radius 1 is 1.24 bits per heavy atom. The third-order valence-electron chi connectivity index (χ3n) is 6.13. The smallest absolute Gasteiger partial charge is 0.249 e. The van der Waals surface area contributed by atoms with Gasteiger partial charge in [-0.3, -0.25) is 9.59 Å². The Hall–Kier alpha value is -3.32. The van der Waals surface area contributed by atoms with Gasteiger partial charge in [-0.25, -0.2) is 4.98 Å². The number of aromatic amines is 1. The molecule has 1 fully saturated rings. The van der Waals surface area contributed by atoms with Gasteiger partial charge in [-0.05, 0) is 57.7 Å². The zero-order chi connectivity index (χ0) is 28.1. The average Bonchev–Trinajstić information content (AvgIpc) is 3.54. The van der Waals surface area contributed by atoms with Gasteiger partial charge in [0.25, 0.3) is 0 Å². The molecule has 206 valence electrons. The third-order valence-corrected chi connectivity index (χ3v) is 6.37. The van der Waals surface area contributed by atoms with Crippen LogP contribution in [0.3, 0.4) is 0 Å². The van der Waals surface area contributed by atoms with Gasteiger partial charge in [0.15, 0.2) is 0 Å². The van der Waals surface area contributed by atoms with Crippen LogP contribution in [0.5, 0.6) is 0 Å². The van der Waals surface area contributed by atoms with Crippen molar-refractivity contribution in [2.45, 2.75) is 65.8 Å². The Balaban J connectivity index is 0.000000757. The van der Waals surface area contributed by atoms with Crippen molar-refractivity contribution in [3.8, 4) is 0 Å². The van der Waals surface area contributed by atoms with Crippen LogP contribution in [-0.4, -0.2) is 46.3 Å². The molecule has 8 heteroatoms. The minimum absolute atomic E-state index is 0.0304. The number of benzene rings is 1. The lowest BCUT2D eigenvalue weighted by Crippen LogP contribution is -2.28. The first-order valence-electron chi connectivity index (χ1n) is 13.3. The van der Waals surface area contributed by atoms with Gasteiger partial charge in [0, 0.05) is 49.3 Å². The SMILES string of the molecule is C=CC/C(=C\C=C(/CC)C(=O)N1CCCC1)CC(=C)NC(C)c1nc2ccc(Cl)cc2[nH]1.CCNC(C)=O. The maximum absolute atomic E-state index is 12.7. The standard InChI is InChI=1S/C26H33ClN4O.C4H9NO/c1-5-9-20(10-11-21(6-2)26(32)31-14-7-8-15-31)16-18(3)28-19(4)25-29-23-13-12-22(27)17-24(23)30-25;1-3-5-4(2)6/h5,10-13,17,19,28H,1,3,6-9,14-16H2,2,4H3,(H,29,30);3H2,1-2H3,(H,5,6)/b20-10+,21-11+;. The normalized spacial score (nSPS) is 14.5. The van der Waals surface area contributed by atoms with Gasteiger partial charge in [-0.1, -0.05) is 48.9 Å². The summed E-state index contributed by atoms with van der Waals surface area (Å²) in [5.41, 5.74) is 4.69. The number of fused-ring (bicyclic) bond motifs is 1. The summed E-state index contributed by atoms with van der Waals surface area (Å²) in [6, 6.07) is 5.59. The van der Waals surface area contributed by atoms with Crippen LogP contribution in [0.2, 0.25) is 5.02 Å². The zero-order valence-corrected chi connectivity index (χ0v) is 24.0. The fourth-order valence-corrected chi connectivity index (χ4v) is 4.39. The Morgan fingerprint density at radius 3 is 2.53 bits per heavy atom. The number of rotatable bonds is 11. The number of nitrogens with one attached hydrogen (secondary N) is 3. The van der Waals surface area contributed by atoms with Crippen molar-refractivity contribution in [3.05, 3.63) is 77.3 Å². The zero-order valence-electron chi connectivity index (χ0n) is 23.2. The van der Waals surface area contributed by atoms with E-state index in [1.165, 1.54) is 6.92 Å². The highest BCUT2D eigenvalue weighted by Gasteiger charge is 2.20. The molecule has 1 aliphatic rings. The fourth-order valence-electron chi connectivity index (χ4n) is 4.22. The number of likely N-dealkylation sites (tertiary alicyclic amines) is 1. The Labute approximate surface area is 232 Å². The van der Waals surface area contributed by atoms with Crippen molar-refractivity contribution in [2.75, 3.05) is 19.6 Å². The second-order valence-corrected chi connectivity index (χ2v) is 9.82. The molecule has 2 amide bonds.